The third-order valence-electron chi connectivity index (χ3n) is 2.82. The van der Waals surface area contributed by atoms with Gasteiger partial charge < -0.3 is 10.1 Å². The number of hydrogen-bond acceptors (Lipinski definition) is 2. The van der Waals surface area contributed by atoms with Crippen molar-refractivity contribution in [3.8, 4) is 5.75 Å². The summed E-state index contributed by atoms with van der Waals surface area (Å²) in [7, 11) is 0. The van der Waals surface area contributed by atoms with Gasteiger partial charge in [-0.15, -0.1) is 0 Å². The van der Waals surface area contributed by atoms with Crippen LogP contribution < -0.4 is 10.1 Å². The van der Waals surface area contributed by atoms with E-state index in [2.05, 4.69) is 5.32 Å². The Kier molecular flexibility index (Phi) is 4.48. The van der Waals surface area contributed by atoms with Gasteiger partial charge >= 0.3 is 0 Å². The molecule has 2 aromatic carbocycles. The van der Waals surface area contributed by atoms with Gasteiger partial charge in [0.25, 0.3) is 5.91 Å². The highest BCUT2D eigenvalue weighted by molar-refractivity contribution is 6.30. The molecule has 2 aromatic rings. The molecule has 0 aromatic heterocycles. The molecule has 0 heterocycles. The van der Waals surface area contributed by atoms with Crippen molar-refractivity contribution in [1.29, 1.82) is 0 Å². The van der Waals surface area contributed by atoms with E-state index < -0.39 is 11.4 Å². The molecule has 0 aliphatic carbocycles. The minimum atomic E-state index is -1.11. The van der Waals surface area contributed by atoms with Crippen LogP contribution in [0, 0.1) is 5.82 Å². The topological polar surface area (TPSA) is 38.3 Å². The monoisotopic (exact) mass is 307 g/mol. The van der Waals surface area contributed by atoms with Crippen molar-refractivity contribution in [3.05, 3.63) is 59.4 Å². The molecule has 0 aliphatic heterocycles. The second kappa shape index (κ2) is 6.14. The van der Waals surface area contributed by atoms with E-state index in [1.54, 1.807) is 44.2 Å². The Morgan fingerprint density at radius 2 is 1.86 bits per heavy atom. The molecular formula is C16H15ClFNO2. The van der Waals surface area contributed by atoms with Gasteiger partial charge in [0.15, 0.2) is 5.60 Å². The highest BCUT2D eigenvalue weighted by Gasteiger charge is 2.30. The van der Waals surface area contributed by atoms with E-state index in [9.17, 15) is 9.18 Å². The smallest absolute Gasteiger partial charge is 0.267 e. The van der Waals surface area contributed by atoms with E-state index in [1.807, 2.05) is 0 Å². The average Bonchev–Trinajstić information content (AvgIpc) is 2.41. The summed E-state index contributed by atoms with van der Waals surface area (Å²) >= 11 is 5.80. The first kappa shape index (κ1) is 15.3. The van der Waals surface area contributed by atoms with Crippen molar-refractivity contribution in [2.45, 2.75) is 19.4 Å². The quantitative estimate of drug-likeness (QED) is 0.915. The summed E-state index contributed by atoms with van der Waals surface area (Å²) < 4.78 is 18.8. The van der Waals surface area contributed by atoms with E-state index in [0.29, 0.717) is 16.5 Å². The molecule has 1 N–H and O–H groups in total. The molecule has 21 heavy (non-hydrogen) atoms. The summed E-state index contributed by atoms with van der Waals surface area (Å²) in [5.74, 6) is -0.258. The molecule has 0 radical (unpaired) electrons. The summed E-state index contributed by atoms with van der Waals surface area (Å²) in [5.41, 5.74) is -0.729. The molecule has 0 aliphatic rings. The van der Waals surface area contributed by atoms with Crippen LogP contribution in [0.5, 0.6) is 5.75 Å². The van der Waals surface area contributed by atoms with Crippen LogP contribution in [0.1, 0.15) is 13.8 Å². The SMILES string of the molecule is CC(C)(Oc1ccc(Cl)cc1)C(=O)Nc1cccc(F)c1. The lowest BCUT2D eigenvalue weighted by Gasteiger charge is -2.25. The summed E-state index contributed by atoms with van der Waals surface area (Å²) in [6, 6.07) is 12.4. The Bertz CT molecular complexity index is 641. The normalized spacial score (nSPS) is 11.0. The zero-order chi connectivity index (χ0) is 15.5. The molecule has 0 atom stereocenters. The van der Waals surface area contributed by atoms with Gasteiger partial charge in [-0.3, -0.25) is 4.79 Å². The van der Waals surface area contributed by atoms with E-state index in [-0.39, 0.29) is 5.91 Å². The first-order valence-electron chi connectivity index (χ1n) is 6.38. The first-order valence-corrected chi connectivity index (χ1v) is 6.76. The van der Waals surface area contributed by atoms with Gasteiger partial charge in [0.05, 0.1) is 0 Å². The van der Waals surface area contributed by atoms with Crippen LogP contribution in [0.25, 0.3) is 0 Å². The molecule has 110 valence electrons. The van der Waals surface area contributed by atoms with Crippen LogP contribution >= 0.6 is 11.6 Å². The molecular weight excluding hydrogens is 293 g/mol. The molecule has 0 saturated carbocycles. The van der Waals surface area contributed by atoms with Crippen molar-refractivity contribution >= 4 is 23.2 Å². The number of amides is 1. The molecule has 0 unspecified atom stereocenters. The van der Waals surface area contributed by atoms with E-state index in [4.69, 9.17) is 16.3 Å². The molecule has 0 fully saturated rings. The number of halogens is 2. The van der Waals surface area contributed by atoms with Crippen LogP contribution in [0.2, 0.25) is 5.02 Å². The second-order valence-corrected chi connectivity index (χ2v) is 5.47. The maximum Gasteiger partial charge on any atom is 0.267 e. The standard InChI is InChI=1S/C16H15ClFNO2/c1-16(2,21-14-8-6-11(17)7-9-14)15(20)19-13-5-3-4-12(18)10-13/h3-10H,1-2H3,(H,19,20). The van der Waals surface area contributed by atoms with Gasteiger partial charge in [-0.25, -0.2) is 4.39 Å². The molecule has 2 rings (SSSR count). The zero-order valence-corrected chi connectivity index (χ0v) is 12.4. The number of anilines is 1. The first-order chi connectivity index (χ1) is 9.87. The minimum absolute atomic E-state index is 0.372. The van der Waals surface area contributed by atoms with Gasteiger partial charge in [0.1, 0.15) is 11.6 Å². The minimum Gasteiger partial charge on any atom is -0.478 e. The molecule has 0 spiro atoms. The Hall–Kier alpha value is -2.07. The third-order valence-corrected chi connectivity index (χ3v) is 3.07. The molecule has 3 nitrogen and oxygen atoms in total. The van der Waals surface area contributed by atoms with Crippen LogP contribution in [0.4, 0.5) is 10.1 Å². The number of rotatable bonds is 4. The summed E-state index contributed by atoms with van der Waals surface area (Å²) in [6.45, 7) is 3.27. The highest BCUT2D eigenvalue weighted by Crippen LogP contribution is 2.22. The second-order valence-electron chi connectivity index (χ2n) is 5.03. The predicted octanol–water partition coefficient (Wildman–Crippen LogP) is 4.28. The van der Waals surface area contributed by atoms with Crippen molar-refractivity contribution in [2.75, 3.05) is 5.32 Å². The highest BCUT2D eigenvalue weighted by atomic mass is 35.5. The zero-order valence-electron chi connectivity index (χ0n) is 11.7. The summed E-state index contributed by atoms with van der Waals surface area (Å²) in [6.07, 6.45) is 0. The number of nitrogens with one attached hydrogen (secondary N) is 1. The Morgan fingerprint density at radius 3 is 2.48 bits per heavy atom. The van der Waals surface area contributed by atoms with Crippen molar-refractivity contribution in [2.24, 2.45) is 0 Å². The largest absolute Gasteiger partial charge is 0.478 e. The molecule has 0 saturated heterocycles. The van der Waals surface area contributed by atoms with Crippen LogP contribution in [-0.2, 0) is 4.79 Å². The maximum atomic E-state index is 13.1. The lowest BCUT2D eigenvalue weighted by atomic mass is 10.1. The Morgan fingerprint density at radius 1 is 1.19 bits per heavy atom. The maximum absolute atomic E-state index is 13.1. The van der Waals surface area contributed by atoms with Gasteiger partial charge in [0, 0.05) is 10.7 Å². The summed E-state index contributed by atoms with van der Waals surface area (Å²) in [5, 5.41) is 3.21. The van der Waals surface area contributed by atoms with Crippen LogP contribution in [-0.4, -0.2) is 11.5 Å². The van der Waals surface area contributed by atoms with Crippen molar-refractivity contribution in [3.63, 3.8) is 0 Å². The average molecular weight is 308 g/mol. The van der Waals surface area contributed by atoms with Gasteiger partial charge in [-0.1, -0.05) is 17.7 Å². The fourth-order valence-corrected chi connectivity index (χ4v) is 1.82. The van der Waals surface area contributed by atoms with Gasteiger partial charge in [-0.05, 0) is 56.3 Å². The van der Waals surface area contributed by atoms with Crippen LogP contribution in [0.15, 0.2) is 48.5 Å². The van der Waals surface area contributed by atoms with Gasteiger partial charge in [-0.2, -0.15) is 0 Å². The van der Waals surface area contributed by atoms with E-state index in [0.717, 1.165) is 0 Å². The fourth-order valence-electron chi connectivity index (χ4n) is 1.69. The number of benzene rings is 2. The number of ether oxygens (including phenoxy) is 1. The van der Waals surface area contributed by atoms with E-state index >= 15 is 0 Å². The third kappa shape index (κ3) is 4.20. The number of carbonyl (C=O) groups is 1. The number of carbonyl (C=O) groups excluding carboxylic acids is 1. The molecule has 1 amide bonds. The van der Waals surface area contributed by atoms with Crippen molar-refractivity contribution in [1.82, 2.24) is 0 Å². The van der Waals surface area contributed by atoms with Gasteiger partial charge in [0.2, 0.25) is 0 Å². The molecule has 5 heteroatoms. The molecule has 0 bridgehead atoms. The predicted molar refractivity (Wildman–Crippen MR) is 81.2 cm³/mol. The Balaban J connectivity index is 2.07. The lowest BCUT2D eigenvalue weighted by molar-refractivity contribution is -0.128. The Labute approximate surface area is 127 Å². The van der Waals surface area contributed by atoms with Crippen molar-refractivity contribution < 1.29 is 13.9 Å². The lowest BCUT2D eigenvalue weighted by Crippen LogP contribution is -2.42. The fraction of sp³-hybridized carbons (Fsp3) is 0.188. The van der Waals surface area contributed by atoms with E-state index in [1.165, 1.54) is 18.2 Å². The number of hydrogen-bond donors (Lipinski definition) is 1. The summed E-state index contributed by atoms with van der Waals surface area (Å²) in [4.78, 5) is 12.2. The van der Waals surface area contributed by atoms with Crippen LogP contribution in [0.3, 0.4) is 0 Å².